The molecule has 1 aromatic heterocycles. The number of carbonyl (C=O) groups is 2. The lowest BCUT2D eigenvalue weighted by Crippen LogP contribution is -2.32. The lowest BCUT2D eigenvalue weighted by molar-refractivity contribution is -0.153. The number of aryl methyl sites for hydroxylation is 1. The highest BCUT2D eigenvalue weighted by atomic mass is 79.9. The maximum Gasteiger partial charge on any atom is 0.350 e. The van der Waals surface area contributed by atoms with Crippen molar-refractivity contribution in [3.8, 4) is 0 Å². The molecule has 0 radical (unpaired) electrons. The standard InChI is InChI=1S/C11H13BrO5S/c1-6-4-7(12)9(18-6)11(14)17-8(5-15-2)10(13)16-3/h4,8H,5H2,1-3H3. The molecule has 0 aliphatic carbocycles. The summed E-state index contributed by atoms with van der Waals surface area (Å²) in [5, 5.41) is 0. The van der Waals surface area contributed by atoms with Gasteiger partial charge in [-0.05, 0) is 28.9 Å². The Bertz CT molecular complexity index is 443. The Hall–Kier alpha value is -0.920. The number of thiophene rings is 1. The third kappa shape index (κ3) is 3.79. The van der Waals surface area contributed by atoms with Gasteiger partial charge in [0.1, 0.15) is 4.88 Å². The number of methoxy groups -OCH3 is 2. The Morgan fingerprint density at radius 1 is 1.44 bits per heavy atom. The molecule has 1 unspecified atom stereocenters. The number of halogens is 1. The molecule has 7 heteroatoms. The van der Waals surface area contributed by atoms with Gasteiger partial charge in [-0.3, -0.25) is 0 Å². The summed E-state index contributed by atoms with van der Waals surface area (Å²) < 4.78 is 15.1. The molecule has 0 aromatic carbocycles. The van der Waals surface area contributed by atoms with E-state index < -0.39 is 18.0 Å². The van der Waals surface area contributed by atoms with E-state index in [4.69, 9.17) is 9.47 Å². The fourth-order valence-electron chi connectivity index (χ4n) is 1.24. The van der Waals surface area contributed by atoms with Gasteiger partial charge in [-0.15, -0.1) is 11.3 Å². The van der Waals surface area contributed by atoms with E-state index in [1.54, 1.807) is 0 Å². The van der Waals surface area contributed by atoms with Crippen LogP contribution in [0.4, 0.5) is 0 Å². The van der Waals surface area contributed by atoms with Gasteiger partial charge in [-0.2, -0.15) is 0 Å². The quantitative estimate of drug-likeness (QED) is 0.771. The number of rotatable bonds is 5. The van der Waals surface area contributed by atoms with Gasteiger partial charge in [0.25, 0.3) is 0 Å². The first-order valence-corrected chi connectivity index (χ1v) is 6.64. The van der Waals surface area contributed by atoms with Gasteiger partial charge in [0.05, 0.1) is 13.7 Å². The first kappa shape index (κ1) is 15.1. The van der Waals surface area contributed by atoms with Crippen molar-refractivity contribution in [1.29, 1.82) is 0 Å². The number of hydrogen-bond acceptors (Lipinski definition) is 6. The largest absolute Gasteiger partial charge is 0.466 e. The van der Waals surface area contributed by atoms with Crippen molar-refractivity contribution < 1.29 is 23.8 Å². The van der Waals surface area contributed by atoms with Gasteiger partial charge in [0.15, 0.2) is 0 Å². The molecular weight excluding hydrogens is 324 g/mol. The Balaban J connectivity index is 2.78. The summed E-state index contributed by atoms with van der Waals surface area (Å²) in [5.74, 6) is -1.22. The first-order valence-electron chi connectivity index (χ1n) is 5.03. The van der Waals surface area contributed by atoms with Crippen molar-refractivity contribution in [3.63, 3.8) is 0 Å². The molecule has 0 saturated heterocycles. The molecule has 0 bridgehead atoms. The minimum absolute atomic E-state index is 0.0413. The Labute approximate surface area is 117 Å². The van der Waals surface area contributed by atoms with E-state index in [-0.39, 0.29) is 6.61 Å². The highest BCUT2D eigenvalue weighted by molar-refractivity contribution is 9.10. The molecule has 100 valence electrons. The highest BCUT2D eigenvalue weighted by Gasteiger charge is 2.26. The second-order valence-corrected chi connectivity index (χ2v) is 5.52. The van der Waals surface area contributed by atoms with Crippen LogP contribution in [0, 0.1) is 6.92 Å². The topological polar surface area (TPSA) is 61.8 Å². The predicted molar refractivity (Wildman–Crippen MR) is 69.9 cm³/mol. The Kier molecular flexibility index (Phi) is 5.77. The van der Waals surface area contributed by atoms with Gasteiger partial charge < -0.3 is 14.2 Å². The normalized spacial score (nSPS) is 12.0. The van der Waals surface area contributed by atoms with E-state index >= 15 is 0 Å². The fraction of sp³-hybridized carbons (Fsp3) is 0.455. The van der Waals surface area contributed by atoms with Crippen LogP contribution in [0.2, 0.25) is 0 Å². The van der Waals surface area contributed by atoms with Crippen molar-refractivity contribution in [2.45, 2.75) is 13.0 Å². The second kappa shape index (κ2) is 6.86. The van der Waals surface area contributed by atoms with Crippen LogP contribution in [0.25, 0.3) is 0 Å². The van der Waals surface area contributed by atoms with Gasteiger partial charge in [-0.1, -0.05) is 0 Å². The zero-order valence-electron chi connectivity index (χ0n) is 10.2. The van der Waals surface area contributed by atoms with Crippen molar-refractivity contribution in [2.24, 2.45) is 0 Å². The van der Waals surface area contributed by atoms with Crippen LogP contribution in [0.3, 0.4) is 0 Å². The Morgan fingerprint density at radius 2 is 2.11 bits per heavy atom. The molecule has 0 aliphatic rings. The van der Waals surface area contributed by atoms with Crippen LogP contribution in [0.5, 0.6) is 0 Å². The molecule has 5 nitrogen and oxygen atoms in total. The van der Waals surface area contributed by atoms with Crippen LogP contribution in [0.15, 0.2) is 10.5 Å². The summed E-state index contributed by atoms with van der Waals surface area (Å²) in [6.07, 6.45) is -1.05. The molecule has 1 aromatic rings. The van der Waals surface area contributed by atoms with Gasteiger partial charge in [0, 0.05) is 16.5 Å². The molecule has 1 rings (SSSR count). The lowest BCUT2D eigenvalue weighted by atomic mass is 10.3. The zero-order valence-corrected chi connectivity index (χ0v) is 12.6. The van der Waals surface area contributed by atoms with Gasteiger partial charge in [0.2, 0.25) is 6.10 Å². The van der Waals surface area contributed by atoms with E-state index in [9.17, 15) is 9.59 Å². The Morgan fingerprint density at radius 3 is 2.56 bits per heavy atom. The molecule has 0 saturated carbocycles. The van der Waals surface area contributed by atoms with Crippen LogP contribution >= 0.6 is 27.3 Å². The van der Waals surface area contributed by atoms with Crippen LogP contribution in [-0.2, 0) is 19.0 Å². The third-order valence-electron chi connectivity index (χ3n) is 2.03. The monoisotopic (exact) mass is 336 g/mol. The van der Waals surface area contributed by atoms with E-state index in [1.807, 2.05) is 13.0 Å². The minimum Gasteiger partial charge on any atom is -0.466 e. The molecule has 0 amide bonds. The average molecular weight is 337 g/mol. The number of esters is 2. The second-order valence-electron chi connectivity index (χ2n) is 3.41. The minimum atomic E-state index is -1.05. The average Bonchev–Trinajstić information content (AvgIpc) is 2.67. The van der Waals surface area contributed by atoms with Crippen LogP contribution in [-0.4, -0.2) is 38.9 Å². The fourth-order valence-corrected chi connectivity index (χ4v) is 2.92. The third-order valence-corrected chi connectivity index (χ3v) is 3.95. The SMILES string of the molecule is COCC(OC(=O)c1sc(C)cc1Br)C(=O)OC. The summed E-state index contributed by atoms with van der Waals surface area (Å²) in [7, 11) is 2.64. The molecule has 0 aliphatic heterocycles. The molecule has 1 heterocycles. The van der Waals surface area contributed by atoms with E-state index in [0.717, 1.165) is 4.88 Å². The molecule has 0 spiro atoms. The van der Waals surface area contributed by atoms with Crippen molar-refractivity contribution in [1.82, 2.24) is 0 Å². The van der Waals surface area contributed by atoms with Crippen LogP contribution in [0.1, 0.15) is 14.5 Å². The van der Waals surface area contributed by atoms with Crippen LogP contribution < -0.4 is 0 Å². The van der Waals surface area contributed by atoms with Crippen molar-refractivity contribution in [3.05, 3.63) is 20.3 Å². The summed E-state index contributed by atoms with van der Waals surface area (Å²) in [4.78, 5) is 24.6. The molecule has 0 N–H and O–H groups in total. The van der Waals surface area contributed by atoms with E-state index in [2.05, 4.69) is 20.7 Å². The maximum atomic E-state index is 11.9. The lowest BCUT2D eigenvalue weighted by Gasteiger charge is -2.14. The van der Waals surface area contributed by atoms with Gasteiger partial charge >= 0.3 is 11.9 Å². The molecular formula is C11H13BrO5S. The van der Waals surface area contributed by atoms with Crippen molar-refractivity contribution in [2.75, 3.05) is 20.8 Å². The van der Waals surface area contributed by atoms with E-state index in [1.165, 1.54) is 25.6 Å². The first-order chi connectivity index (χ1) is 8.49. The number of ether oxygens (including phenoxy) is 3. The molecule has 0 fully saturated rings. The van der Waals surface area contributed by atoms with E-state index in [0.29, 0.717) is 9.35 Å². The zero-order chi connectivity index (χ0) is 13.7. The summed E-state index contributed by atoms with van der Waals surface area (Å²) in [6.45, 7) is 1.83. The molecule has 1 atom stereocenters. The summed E-state index contributed by atoms with van der Waals surface area (Å²) in [5.41, 5.74) is 0. The predicted octanol–water partition coefficient (Wildman–Crippen LogP) is 2.16. The molecule has 18 heavy (non-hydrogen) atoms. The smallest absolute Gasteiger partial charge is 0.350 e. The number of hydrogen-bond donors (Lipinski definition) is 0. The highest BCUT2D eigenvalue weighted by Crippen LogP contribution is 2.27. The van der Waals surface area contributed by atoms with Crippen molar-refractivity contribution >= 4 is 39.2 Å². The summed E-state index contributed by atoms with van der Waals surface area (Å²) in [6, 6.07) is 1.81. The number of carbonyl (C=O) groups excluding carboxylic acids is 2. The maximum absolute atomic E-state index is 11.9. The summed E-state index contributed by atoms with van der Waals surface area (Å²) >= 11 is 4.55. The van der Waals surface area contributed by atoms with Gasteiger partial charge in [-0.25, -0.2) is 9.59 Å².